The number of rotatable bonds is 1. The SMILES string of the molecule is ClC=C1C=CC(c2ccccc2)=C1. The fourth-order valence-corrected chi connectivity index (χ4v) is 1.48. The van der Waals surface area contributed by atoms with Gasteiger partial charge < -0.3 is 0 Å². The molecular formula is C12H9Cl. The van der Waals surface area contributed by atoms with Gasteiger partial charge in [0, 0.05) is 5.54 Å². The van der Waals surface area contributed by atoms with Gasteiger partial charge in [0.2, 0.25) is 0 Å². The molecule has 0 N–H and O–H groups in total. The fraction of sp³-hybridized carbons (Fsp3) is 0. The lowest BCUT2D eigenvalue weighted by atomic mass is 10.1. The molecule has 0 bridgehead atoms. The van der Waals surface area contributed by atoms with E-state index in [2.05, 4.69) is 24.3 Å². The third-order valence-corrected chi connectivity index (χ3v) is 2.26. The van der Waals surface area contributed by atoms with Crippen molar-refractivity contribution in [2.24, 2.45) is 0 Å². The molecule has 0 saturated heterocycles. The van der Waals surface area contributed by atoms with Crippen LogP contribution in [0.3, 0.4) is 0 Å². The zero-order valence-electron chi connectivity index (χ0n) is 7.07. The minimum atomic E-state index is 1.06. The maximum atomic E-state index is 5.60. The number of hydrogen-bond donors (Lipinski definition) is 0. The van der Waals surface area contributed by atoms with Crippen LogP contribution < -0.4 is 0 Å². The normalized spacial score (nSPS) is 17.9. The van der Waals surface area contributed by atoms with Gasteiger partial charge in [-0.2, -0.15) is 0 Å². The lowest BCUT2D eigenvalue weighted by molar-refractivity contribution is 1.63. The van der Waals surface area contributed by atoms with E-state index < -0.39 is 0 Å². The summed E-state index contributed by atoms with van der Waals surface area (Å²) in [5, 5.41) is 0. The van der Waals surface area contributed by atoms with Crippen molar-refractivity contribution in [2.45, 2.75) is 0 Å². The summed E-state index contributed by atoms with van der Waals surface area (Å²) in [6.45, 7) is 0. The van der Waals surface area contributed by atoms with E-state index in [1.165, 1.54) is 11.1 Å². The second kappa shape index (κ2) is 3.63. The van der Waals surface area contributed by atoms with Gasteiger partial charge in [0.05, 0.1) is 0 Å². The van der Waals surface area contributed by atoms with E-state index >= 15 is 0 Å². The topological polar surface area (TPSA) is 0 Å². The van der Waals surface area contributed by atoms with Gasteiger partial charge in [-0.3, -0.25) is 0 Å². The molecule has 0 amide bonds. The molecule has 2 rings (SSSR count). The van der Waals surface area contributed by atoms with Crippen molar-refractivity contribution in [3.63, 3.8) is 0 Å². The van der Waals surface area contributed by atoms with Crippen LogP contribution >= 0.6 is 11.6 Å². The van der Waals surface area contributed by atoms with Crippen molar-refractivity contribution >= 4 is 17.2 Å². The van der Waals surface area contributed by atoms with Crippen LogP contribution in [0, 0.1) is 0 Å². The Hall–Kier alpha value is -1.27. The molecule has 1 heteroatoms. The van der Waals surface area contributed by atoms with Gasteiger partial charge in [0.25, 0.3) is 0 Å². The Morgan fingerprint density at radius 1 is 1.00 bits per heavy atom. The Balaban J connectivity index is 2.36. The predicted molar refractivity (Wildman–Crippen MR) is 57.5 cm³/mol. The van der Waals surface area contributed by atoms with Crippen molar-refractivity contribution in [3.8, 4) is 0 Å². The highest BCUT2D eigenvalue weighted by atomic mass is 35.5. The average Bonchev–Trinajstić information content (AvgIpc) is 2.67. The van der Waals surface area contributed by atoms with Crippen LogP contribution in [-0.2, 0) is 0 Å². The van der Waals surface area contributed by atoms with Gasteiger partial charge in [-0.05, 0) is 22.8 Å². The molecule has 13 heavy (non-hydrogen) atoms. The summed E-state index contributed by atoms with van der Waals surface area (Å²) in [6.07, 6.45) is 6.15. The number of halogens is 1. The third-order valence-electron chi connectivity index (χ3n) is 2.01. The standard InChI is InChI=1S/C12H9Cl/c13-9-10-6-7-12(8-10)11-4-2-1-3-5-11/h1-9H. The second-order valence-corrected chi connectivity index (χ2v) is 3.13. The molecule has 1 aromatic carbocycles. The molecule has 0 heterocycles. The summed E-state index contributed by atoms with van der Waals surface area (Å²) in [7, 11) is 0. The first-order valence-electron chi connectivity index (χ1n) is 4.16. The molecule has 0 atom stereocenters. The highest BCUT2D eigenvalue weighted by molar-refractivity contribution is 6.26. The molecule has 0 aliphatic heterocycles. The average molecular weight is 189 g/mol. The first-order valence-corrected chi connectivity index (χ1v) is 4.59. The van der Waals surface area contributed by atoms with E-state index in [1.54, 1.807) is 5.54 Å². The number of benzene rings is 1. The van der Waals surface area contributed by atoms with E-state index in [0.717, 1.165) is 5.57 Å². The molecule has 64 valence electrons. The number of allylic oxidation sites excluding steroid dienone is 5. The largest absolute Gasteiger partial charge is 0.0923 e. The molecule has 0 aromatic heterocycles. The Morgan fingerprint density at radius 2 is 1.77 bits per heavy atom. The molecule has 0 nitrogen and oxygen atoms in total. The van der Waals surface area contributed by atoms with Crippen LogP contribution in [-0.4, -0.2) is 0 Å². The summed E-state index contributed by atoms with van der Waals surface area (Å²) < 4.78 is 0. The van der Waals surface area contributed by atoms with Gasteiger partial charge in [0.15, 0.2) is 0 Å². The van der Waals surface area contributed by atoms with Crippen molar-refractivity contribution < 1.29 is 0 Å². The summed E-state index contributed by atoms with van der Waals surface area (Å²) in [4.78, 5) is 0. The van der Waals surface area contributed by atoms with E-state index in [-0.39, 0.29) is 0 Å². The van der Waals surface area contributed by atoms with Crippen molar-refractivity contribution in [1.29, 1.82) is 0 Å². The Kier molecular flexibility index (Phi) is 2.33. The molecule has 1 aliphatic rings. The van der Waals surface area contributed by atoms with Crippen LogP contribution in [0.25, 0.3) is 5.57 Å². The zero-order valence-corrected chi connectivity index (χ0v) is 7.83. The molecule has 1 aliphatic carbocycles. The second-order valence-electron chi connectivity index (χ2n) is 2.91. The molecule has 0 unspecified atom stereocenters. The zero-order chi connectivity index (χ0) is 9.10. The quantitative estimate of drug-likeness (QED) is 0.630. The van der Waals surface area contributed by atoms with Gasteiger partial charge in [-0.1, -0.05) is 54.1 Å². The lowest BCUT2D eigenvalue weighted by Crippen LogP contribution is -1.75. The summed E-state index contributed by atoms with van der Waals surface area (Å²) in [5.74, 6) is 0. The summed E-state index contributed by atoms with van der Waals surface area (Å²) >= 11 is 5.60. The van der Waals surface area contributed by atoms with Crippen LogP contribution in [0.1, 0.15) is 5.56 Å². The third kappa shape index (κ3) is 1.73. The number of hydrogen-bond acceptors (Lipinski definition) is 0. The maximum Gasteiger partial charge on any atom is 0.0115 e. The molecule has 0 spiro atoms. The Bertz CT molecular complexity index is 383. The van der Waals surface area contributed by atoms with E-state index in [9.17, 15) is 0 Å². The molecule has 0 saturated carbocycles. The Morgan fingerprint density at radius 3 is 2.38 bits per heavy atom. The smallest absolute Gasteiger partial charge is 0.0115 e. The van der Waals surface area contributed by atoms with E-state index in [4.69, 9.17) is 11.6 Å². The van der Waals surface area contributed by atoms with Crippen LogP contribution in [0.5, 0.6) is 0 Å². The molecule has 0 fully saturated rings. The molecular weight excluding hydrogens is 180 g/mol. The highest BCUT2D eigenvalue weighted by Gasteiger charge is 2.02. The van der Waals surface area contributed by atoms with E-state index in [0.29, 0.717) is 0 Å². The van der Waals surface area contributed by atoms with Gasteiger partial charge in [-0.15, -0.1) is 0 Å². The lowest BCUT2D eigenvalue weighted by Gasteiger charge is -1.96. The van der Waals surface area contributed by atoms with Crippen LogP contribution in [0.4, 0.5) is 0 Å². The van der Waals surface area contributed by atoms with Crippen LogP contribution in [0.15, 0.2) is 59.7 Å². The Labute approximate surface area is 82.8 Å². The minimum absolute atomic E-state index is 1.06. The minimum Gasteiger partial charge on any atom is -0.0923 e. The predicted octanol–water partition coefficient (Wildman–Crippen LogP) is 3.76. The molecule has 0 radical (unpaired) electrons. The first kappa shape index (κ1) is 8.33. The van der Waals surface area contributed by atoms with E-state index in [1.807, 2.05) is 24.3 Å². The highest BCUT2D eigenvalue weighted by Crippen LogP contribution is 2.24. The monoisotopic (exact) mass is 188 g/mol. The summed E-state index contributed by atoms with van der Waals surface area (Å²) in [5.41, 5.74) is 5.09. The van der Waals surface area contributed by atoms with Gasteiger partial charge >= 0.3 is 0 Å². The van der Waals surface area contributed by atoms with Crippen molar-refractivity contribution in [3.05, 3.63) is 65.2 Å². The first-order chi connectivity index (χ1) is 6.40. The van der Waals surface area contributed by atoms with Gasteiger partial charge in [-0.25, -0.2) is 0 Å². The van der Waals surface area contributed by atoms with Crippen LogP contribution in [0.2, 0.25) is 0 Å². The maximum absolute atomic E-state index is 5.60. The molecule has 1 aromatic rings. The fourth-order valence-electron chi connectivity index (χ4n) is 1.34. The van der Waals surface area contributed by atoms with Crippen molar-refractivity contribution in [1.82, 2.24) is 0 Å². The van der Waals surface area contributed by atoms with Gasteiger partial charge in [0.1, 0.15) is 0 Å². The summed E-state index contributed by atoms with van der Waals surface area (Å²) in [6, 6.07) is 10.3. The van der Waals surface area contributed by atoms with Crippen molar-refractivity contribution in [2.75, 3.05) is 0 Å².